The molecule has 1 amide bonds. The lowest BCUT2D eigenvalue weighted by Crippen LogP contribution is -2.41. The fourth-order valence-electron chi connectivity index (χ4n) is 1.08. The zero-order valence-electron chi connectivity index (χ0n) is 10.1. The van der Waals surface area contributed by atoms with Crippen molar-refractivity contribution in [3.05, 3.63) is 11.6 Å². The van der Waals surface area contributed by atoms with Crippen molar-refractivity contribution in [2.45, 2.75) is 26.8 Å². The maximum Gasteiger partial charge on any atom is 0.234 e. The predicted molar refractivity (Wildman–Crippen MR) is 61.8 cm³/mol. The van der Waals surface area contributed by atoms with E-state index in [1.165, 1.54) is 5.57 Å². The molecule has 0 aliphatic carbocycles. The van der Waals surface area contributed by atoms with E-state index in [1.807, 2.05) is 26.8 Å². The molecule has 0 aromatic rings. The average Bonchev–Trinajstić information content (AvgIpc) is 2.12. The second-order valence-corrected chi connectivity index (χ2v) is 3.84. The number of methoxy groups -OCH3 is 1. The summed E-state index contributed by atoms with van der Waals surface area (Å²) in [5.74, 6) is 0.00158. The molecule has 0 rings (SSSR count). The highest BCUT2D eigenvalue weighted by atomic mass is 16.5. The van der Waals surface area contributed by atoms with Crippen LogP contribution in [-0.4, -0.2) is 38.8 Å². The van der Waals surface area contributed by atoms with E-state index in [0.717, 1.165) is 6.54 Å². The Morgan fingerprint density at radius 1 is 1.47 bits per heavy atom. The van der Waals surface area contributed by atoms with Crippen LogP contribution in [0.2, 0.25) is 0 Å². The van der Waals surface area contributed by atoms with Crippen molar-refractivity contribution >= 4 is 5.91 Å². The van der Waals surface area contributed by atoms with E-state index < -0.39 is 0 Å². The summed E-state index contributed by atoms with van der Waals surface area (Å²) in [5.41, 5.74) is 1.25. The Kier molecular flexibility index (Phi) is 7.95. The Labute approximate surface area is 92.1 Å². The number of rotatable bonds is 7. The summed E-state index contributed by atoms with van der Waals surface area (Å²) < 4.78 is 4.92. The van der Waals surface area contributed by atoms with Crippen LogP contribution >= 0.6 is 0 Å². The maximum atomic E-state index is 11.3. The molecule has 0 saturated carbocycles. The number of amides is 1. The van der Waals surface area contributed by atoms with E-state index in [2.05, 4.69) is 10.6 Å². The molecule has 0 saturated heterocycles. The van der Waals surface area contributed by atoms with Crippen LogP contribution in [0, 0.1) is 0 Å². The average molecular weight is 214 g/mol. The molecule has 0 spiro atoms. The first-order valence-corrected chi connectivity index (χ1v) is 5.18. The molecule has 0 heterocycles. The van der Waals surface area contributed by atoms with Crippen molar-refractivity contribution in [3.8, 4) is 0 Å². The molecule has 15 heavy (non-hydrogen) atoms. The van der Waals surface area contributed by atoms with Gasteiger partial charge < -0.3 is 15.4 Å². The number of carbonyl (C=O) groups is 1. The zero-order valence-corrected chi connectivity index (χ0v) is 10.1. The highest BCUT2D eigenvalue weighted by molar-refractivity contribution is 5.78. The van der Waals surface area contributed by atoms with Gasteiger partial charge in [0.1, 0.15) is 0 Å². The molecule has 2 N–H and O–H groups in total. The van der Waals surface area contributed by atoms with Crippen LogP contribution in [0.15, 0.2) is 11.6 Å². The third-order valence-electron chi connectivity index (χ3n) is 1.76. The molecular weight excluding hydrogens is 192 g/mol. The summed E-state index contributed by atoms with van der Waals surface area (Å²) in [4.78, 5) is 11.3. The standard InChI is InChI=1S/C11H22N2O2/c1-9(2)5-6-12-7-11(14)13-10(3)8-15-4/h5,10,12H,6-8H2,1-4H3,(H,13,14). The van der Waals surface area contributed by atoms with Crippen molar-refractivity contribution in [1.29, 1.82) is 0 Å². The molecule has 4 nitrogen and oxygen atoms in total. The normalized spacial score (nSPS) is 12.0. The van der Waals surface area contributed by atoms with E-state index in [1.54, 1.807) is 7.11 Å². The van der Waals surface area contributed by atoms with E-state index in [-0.39, 0.29) is 11.9 Å². The zero-order chi connectivity index (χ0) is 11.7. The summed E-state index contributed by atoms with van der Waals surface area (Å²) >= 11 is 0. The molecule has 0 aromatic carbocycles. The third-order valence-corrected chi connectivity index (χ3v) is 1.76. The van der Waals surface area contributed by atoms with E-state index in [9.17, 15) is 4.79 Å². The third kappa shape index (κ3) is 9.43. The summed E-state index contributed by atoms with van der Waals surface area (Å²) in [6, 6.07) is 0.0627. The van der Waals surface area contributed by atoms with E-state index in [0.29, 0.717) is 13.2 Å². The van der Waals surface area contributed by atoms with Gasteiger partial charge in [-0.1, -0.05) is 11.6 Å². The van der Waals surface area contributed by atoms with E-state index in [4.69, 9.17) is 4.74 Å². The second-order valence-electron chi connectivity index (χ2n) is 3.84. The SMILES string of the molecule is COCC(C)NC(=O)CNCC=C(C)C. The molecule has 4 heteroatoms. The molecular formula is C11H22N2O2. The van der Waals surface area contributed by atoms with Gasteiger partial charge in [0.2, 0.25) is 5.91 Å². The minimum Gasteiger partial charge on any atom is -0.383 e. The second kappa shape index (κ2) is 8.44. The lowest BCUT2D eigenvalue weighted by molar-refractivity contribution is -0.121. The highest BCUT2D eigenvalue weighted by Crippen LogP contribution is 1.85. The van der Waals surface area contributed by atoms with Crippen molar-refractivity contribution < 1.29 is 9.53 Å². The lowest BCUT2D eigenvalue weighted by atomic mass is 10.3. The minimum atomic E-state index is 0.00158. The van der Waals surface area contributed by atoms with Crippen LogP contribution in [0.25, 0.3) is 0 Å². The molecule has 0 radical (unpaired) electrons. The number of hydrogen-bond acceptors (Lipinski definition) is 3. The van der Waals surface area contributed by atoms with Crippen LogP contribution in [-0.2, 0) is 9.53 Å². The summed E-state index contributed by atoms with van der Waals surface area (Å²) in [6.45, 7) is 7.59. The van der Waals surface area contributed by atoms with E-state index >= 15 is 0 Å². The van der Waals surface area contributed by atoms with Crippen LogP contribution in [0.5, 0.6) is 0 Å². The first-order chi connectivity index (χ1) is 7.06. The fourth-order valence-corrected chi connectivity index (χ4v) is 1.08. The Hall–Kier alpha value is -0.870. The van der Waals surface area contributed by atoms with Crippen LogP contribution in [0.4, 0.5) is 0 Å². The van der Waals surface area contributed by atoms with Gasteiger partial charge in [0.05, 0.1) is 13.2 Å². The van der Waals surface area contributed by atoms with Gasteiger partial charge in [-0.25, -0.2) is 0 Å². The smallest absolute Gasteiger partial charge is 0.234 e. The number of nitrogens with one attached hydrogen (secondary N) is 2. The van der Waals surface area contributed by atoms with Gasteiger partial charge in [0.25, 0.3) is 0 Å². The first-order valence-electron chi connectivity index (χ1n) is 5.18. The molecule has 0 fully saturated rings. The molecule has 0 aliphatic heterocycles. The van der Waals surface area contributed by atoms with Crippen LogP contribution in [0.1, 0.15) is 20.8 Å². The molecule has 0 bridgehead atoms. The molecule has 0 aliphatic rings. The van der Waals surface area contributed by atoms with Crippen LogP contribution < -0.4 is 10.6 Å². The monoisotopic (exact) mass is 214 g/mol. The van der Waals surface area contributed by atoms with Crippen molar-refractivity contribution in [2.75, 3.05) is 26.8 Å². The lowest BCUT2D eigenvalue weighted by Gasteiger charge is -2.12. The van der Waals surface area contributed by atoms with Gasteiger partial charge in [0, 0.05) is 19.7 Å². The quantitative estimate of drug-likeness (QED) is 0.484. The van der Waals surface area contributed by atoms with Gasteiger partial charge in [-0.2, -0.15) is 0 Å². The number of ether oxygens (including phenoxy) is 1. The minimum absolute atomic E-state index is 0.00158. The summed E-state index contributed by atoms with van der Waals surface area (Å²) in [5, 5.41) is 5.86. The fraction of sp³-hybridized carbons (Fsp3) is 0.727. The van der Waals surface area contributed by atoms with Gasteiger partial charge in [0.15, 0.2) is 0 Å². The highest BCUT2D eigenvalue weighted by Gasteiger charge is 2.05. The molecule has 1 unspecified atom stereocenters. The van der Waals surface area contributed by atoms with Gasteiger partial charge in [-0.15, -0.1) is 0 Å². The number of hydrogen-bond donors (Lipinski definition) is 2. The van der Waals surface area contributed by atoms with Crippen molar-refractivity contribution in [3.63, 3.8) is 0 Å². The Bertz CT molecular complexity index is 211. The van der Waals surface area contributed by atoms with Crippen LogP contribution in [0.3, 0.4) is 0 Å². The predicted octanol–water partition coefficient (Wildman–Crippen LogP) is 0.693. The van der Waals surface area contributed by atoms with Gasteiger partial charge >= 0.3 is 0 Å². The maximum absolute atomic E-state index is 11.3. The Balaban J connectivity index is 3.53. The summed E-state index contributed by atoms with van der Waals surface area (Å²) in [6.07, 6.45) is 2.05. The van der Waals surface area contributed by atoms with Crippen molar-refractivity contribution in [2.24, 2.45) is 0 Å². The van der Waals surface area contributed by atoms with Gasteiger partial charge in [-0.05, 0) is 20.8 Å². The first kappa shape index (κ1) is 14.1. The van der Waals surface area contributed by atoms with Crippen molar-refractivity contribution in [1.82, 2.24) is 10.6 Å². The Morgan fingerprint density at radius 3 is 2.67 bits per heavy atom. The molecule has 88 valence electrons. The topological polar surface area (TPSA) is 50.4 Å². The van der Waals surface area contributed by atoms with Gasteiger partial charge in [-0.3, -0.25) is 4.79 Å². The summed E-state index contributed by atoms with van der Waals surface area (Å²) in [7, 11) is 1.62. The largest absolute Gasteiger partial charge is 0.383 e. The molecule has 1 atom stereocenters. The number of carbonyl (C=O) groups excluding carboxylic acids is 1. The Morgan fingerprint density at radius 2 is 2.13 bits per heavy atom. The number of allylic oxidation sites excluding steroid dienone is 1. The molecule has 0 aromatic heterocycles.